The number of primary amides is 1. The van der Waals surface area contributed by atoms with Crippen molar-refractivity contribution in [3.8, 4) is 0 Å². The lowest BCUT2D eigenvalue weighted by atomic mass is 9.83. The zero-order valence-corrected chi connectivity index (χ0v) is 15.5. The normalized spacial score (nSPS) is 13.2. The topological polar surface area (TPSA) is 137 Å². The van der Waals surface area contributed by atoms with Crippen LogP contribution < -0.4 is 11.1 Å². The third-order valence-corrected chi connectivity index (χ3v) is 3.11. The molecule has 0 radical (unpaired) electrons. The van der Waals surface area contributed by atoms with Gasteiger partial charge < -0.3 is 20.2 Å². The Morgan fingerprint density at radius 2 is 1.76 bits per heavy atom. The van der Waals surface area contributed by atoms with Gasteiger partial charge in [0, 0.05) is 12.8 Å². The largest absolute Gasteiger partial charge is 0.444 e. The van der Waals surface area contributed by atoms with Gasteiger partial charge in [-0.25, -0.2) is 4.79 Å². The van der Waals surface area contributed by atoms with Gasteiger partial charge in [-0.15, -0.1) is 10.2 Å². The van der Waals surface area contributed by atoms with Gasteiger partial charge in [0.2, 0.25) is 5.89 Å². The van der Waals surface area contributed by atoms with Gasteiger partial charge in [0.05, 0.1) is 6.04 Å². The van der Waals surface area contributed by atoms with Gasteiger partial charge in [0.15, 0.2) is 5.78 Å². The number of aromatic nitrogens is 2. The summed E-state index contributed by atoms with van der Waals surface area (Å²) in [6, 6.07) is -0.749. The Morgan fingerprint density at radius 1 is 1.16 bits per heavy atom. The summed E-state index contributed by atoms with van der Waals surface area (Å²) in [6.07, 6.45) is -0.464. The van der Waals surface area contributed by atoms with E-state index in [2.05, 4.69) is 15.5 Å². The molecule has 0 aromatic carbocycles. The highest BCUT2D eigenvalue weighted by molar-refractivity contribution is 5.88. The van der Waals surface area contributed by atoms with Crippen LogP contribution in [-0.2, 0) is 16.0 Å². The Labute approximate surface area is 146 Å². The first kappa shape index (κ1) is 20.6. The molecule has 2 amide bonds. The van der Waals surface area contributed by atoms with Gasteiger partial charge in [0.25, 0.3) is 0 Å². The van der Waals surface area contributed by atoms with Crippen molar-refractivity contribution in [1.82, 2.24) is 15.5 Å². The summed E-state index contributed by atoms with van der Waals surface area (Å²) in [4.78, 5) is 35.5. The van der Waals surface area contributed by atoms with E-state index in [-0.39, 0.29) is 30.4 Å². The van der Waals surface area contributed by atoms with E-state index in [1.54, 1.807) is 20.8 Å². The monoisotopic (exact) mass is 354 g/mol. The van der Waals surface area contributed by atoms with Gasteiger partial charge in [-0.3, -0.25) is 9.59 Å². The molecule has 0 fully saturated rings. The number of carbonyl (C=O) groups excluding carboxylic acids is 3. The molecule has 140 valence electrons. The van der Waals surface area contributed by atoms with E-state index in [1.165, 1.54) is 0 Å². The predicted octanol–water partition coefficient (Wildman–Crippen LogP) is 1.61. The molecule has 9 nitrogen and oxygen atoms in total. The quantitative estimate of drug-likeness (QED) is 0.791. The zero-order chi connectivity index (χ0) is 19.4. The maximum atomic E-state index is 12.6. The summed E-state index contributed by atoms with van der Waals surface area (Å²) in [5.74, 6) is -1.21. The van der Waals surface area contributed by atoms with Gasteiger partial charge in [-0.2, -0.15) is 0 Å². The maximum Gasteiger partial charge on any atom is 0.408 e. The minimum atomic E-state index is -0.829. The zero-order valence-electron chi connectivity index (χ0n) is 15.5. The number of hydrogen-bond acceptors (Lipinski definition) is 7. The summed E-state index contributed by atoms with van der Waals surface area (Å²) in [6.45, 7) is 10.7. The predicted molar refractivity (Wildman–Crippen MR) is 88.8 cm³/mol. The smallest absolute Gasteiger partial charge is 0.408 e. The average molecular weight is 354 g/mol. The molecule has 0 spiro atoms. The number of nitrogens with zero attached hydrogens (tertiary/aromatic N) is 2. The molecule has 3 N–H and O–H groups in total. The Balaban J connectivity index is 2.73. The number of amides is 2. The minimum Gasteiger partial charge on any atom is -0.444 e. The van der Waals surface area contributed by atoms with E-state index in [1.807, 2.05) is 20.8 Å². The van der Waals surface area contributed by atoms with Crippen LogP contribution in [0.3, 0.4) is 0 Å². The van der Waals surface area contributed by atoms with Crippen LogP contribution in [0.25, 0.3) is 0 Å². The molecule has 0 aliphatic heterocycles. The van der Waals surface area contributed by atoms with Gasteiger partial charge in [-0.1, -0.05) is 20.8 Å². The van der Waals surface area contributed by atoms with E-state index < -0.39 is 29.1 Å². The molecular formula is C16H26N4O5. The summed E-state index contributed by atoms with van der Waals surface area (Å²) in [7, 11) is 0. The second kappa shape index (κ2) is 7.62. The van der Waals surface area contributed by atoms with Crippen molar-refractivity contribution in [2.45, 2.75) is 66.0 Å². The molecule has 0 saturated heterocycles. The first-order chi connectivity index (χ1) is 11.3. The second-order valence-corrected chi connectivity index (χ2v) is 7.78. The van der Waals surface area contributed by atoms with Gasteiger partial charge in [0.1, 0.15) is 5.60 Å². The number of carbonyl (C=O) groups is 3. The lowest BCUT2D eigenvalue weighted by Gasteiger charge is -2.31. The highest BCUT2D eigenvalue weighted by Gasteiger charge is 2.33. The fraction of sp³-hybridized carbons (Fsp3) is 0.688. The molecular weight excluding hydrogens is 328 g/mol. The van der Waals surface area contributed by atoms with Crippen LogP contribution in [0, 0.1) is 5.41 Å². The molecule has 0 aliphatic rings. The highest BCUT2D eigenvalue weighted by Crippen LogP contribution is 2.22. The molecule has 0 bridgehead atoms. The maximum absolute atomic E-state index is 12.6. The van der Waals surface area contributed by atoms with Crippen molar-refractivity contribution in [3.63, 3.8) is 0 Å². The molecule has 0 unspecified atom stereocenters. The average Bonchev–Trinajstić information content (AvgIpc) is 2.88. The van der Waals surface area contributed by atoms with Crippen LogP contribution in [-0.4, -0.2) is 39.6 Å². The van der Waals surface area contributed by atoms with E-state index in [0.29, 0.717) is 0 Å². The number of rotatable bonds is 6. The fourth-order valence-corrected chi connectivity index (χ4v) is 2.03. The van der Waals surface area contributed by atoms with Crippen LogP contribution in [0.15, 0.2) is 4.42 Å². The first-order valence-electron chi connectivity index (χ1n) is 7.94. The number of nitrogens with one attached hydrogen (secondary N) is 1. The SMILES string of the molecule is CC(C)(C)OC(=O)N[C@H](C(=O)CCc1nnc(C(N)=O)o1)C(C)(C)C. The van der Waals surface area contributed by atoms with Crippen LogP contribution in [0.4, 0.5) is 4.79 Å². The number of ether oxygens (including phenoxy) is 1. The minimum absolute atomic E-state index is 0.0537. The number of hydrogen-bond donors (Lipinski definition) is 2. The number of alkyl carbamates (subject to hydrolysis) is 1. The molecule has 0 aliphatic carbocycles. The van der Waals surface area contributed by atoms with Crippen molar-refractivity contribution in [1.29, 1.82) is 0 Å². The standard InChI is InChI=1S/C16H26N4O5/c1-15(2,3)11(18-14(23)25-16(4,5)6)9(21)7-8-10-19-20-13(24-10)12(17)22/h11H,7-8H2,1-6H3,(H2,17,22)(H,18,23)/t11-/m1/s1. The molecule has 25 heavy (non-hydrogen) atoms. The van der Waals surface area contributed by atoms with Crippen LogP contribution in [0.2, 0.25) is 0 Å². The van der Waals surface area contributed by atoms with Crippen molar-refractivity contribution in [2.24, 2.45) is 11.1 Å². The summed E-state index contributed by atoms with van der Waals surface area (Å²) in [5, 5.41) is 9.76. The number of ketones is 1. The first-order valence-corrected chi connectivity index (χ1v) is 7.94. The van der Waals surface area contributed by atoms with Crippen LogP contribution in [0.5, 0.6) is 0 Å². The molecule has 1 heterocycles. The number of Topliss-reactive ketones (excluding diaryl/α,β-unsaturated/α-hetero) is 1. The lowest BCUT2D eigenvalue weighted by molar-refractivity contribution is -0.123. The van der Waals surface area contributed by atoms with Crippen molar-refractivity contribution in [3.05, 3.63) is 11.8 Å². The Morgan fingerprint density at radius 3 is 2.20 bits per heavy atom. The number of aryl methyl sites for hydroxylation is 1. The van der Waals surface area contributed by atoms with Crippen molar-refractivity contribution in [2.75, 3.05) is 0 Å². The summed E-state index contributed by atoms with van der Waals surface area (Å²) < 4.78 is 10.3. The summed E-state index contributed by atoms with van der Waals surface area (Å²) >= 11 is 0. The van der Waals surface area contributed by atoms with Crippen molar-refractivity contribution >= 4 is 17.8 Å². The Bertz CT molecular complexity index is 640. The Kier molecular flexibility index (Phi) is 6.28. The lowest BCUT2D eigenvalue weighted by Crippen LogP contribution is -2.50. The van der Waals surface area contributed by atoms with E-state index in [9.17, 15) is 14.4 Å². The molecule has 1 aromatic rings. The Hall–Kier alpha value is -2.45. The second-order valence-electron chi connectivity index (χ2n) is 7.78. The van der Waals surface area contributed by atoms with Gasteiger partial charge >= 0.3 is 17.9 Å². The molecule has 0 saturated carbocycles. The fourth-order valence-electron chi connectivity index (χ4n) is 2.03. The van der Waals surface area contributed by atoms with E-state index >= 15 is 0 Å². The molecule has 1 aromatic heterocycles. The van der Waals surface area contributed by atoms with Crippen LogP contribution >= 0.6 is 0 Å². The van der Waals surface area contributed by atoms with E-state index in [4.69, 9.17) is 14.9 Å². The van der Waals surface area contributed by atoms with E-state index in [0.717, 1.165) is 0 Å². The highest BCUT2D eigenvalue weighted by atomic mass is 16.6. The summed E-state index contributed by atoms with van der Waals surface area (Å²) in [5.41, 5.74) is 3.86. The van der Waals surface area contributed by atoms with Gasteiger partial charge in [-0.05, 0) is 26.2 Å². The third-order valence-electron chi connectivity index (χ3n) is 3.11. The number of nitrogens with two attached hydrogens (primary N) is 1. The molecule has 1 rings (SSSR count). The molecule has 1 atom stereocenters. The molecule has 9 heteroatoms. The van der Waals surface area contributed by atoms with Crippen molar-refractivity contribution < 1.29 is 23.5 Å². The van der Waals surface area contributed by atoms with Crippen LogP contribution in [0.1, 0.15) is 64.5 Å². The third kappa shape index (κ3) is 6.90.